The Morgan fingerprint density at radius 2 is 1.88 bits per heavy atom. The summed E-state index contributed by atoms with van der Waals surface area (Å²) < 4.78 is 0. The second kappa shape index (κ2) is 4.70. The summed E-state index contributed by atoms with van der Waals surface area (Å²) in [6.07, 6.45) is 5.77. The van der Waals surface area contributed by atoms with Gasteiger partial charge in [-0.05, 0) is 43.9 Å². The first-order valence-electron chi connectivity index (χ1n) is 6.23. The second-order valence-electron chi connectivity index (χ2n) is 5.07. The SMILES string of the molecule is CCC(C(=O)NC(C1CC1)C1CC1)C(N)=S. The first kappa shape index (κ1) is 11.8. The second-order valence-corrected chi connectivity index (χ2v) is 5.54. The van der Waals surface area contributed by atoms with Crippen molar-refractivity contribution in [3.05, 3.63) is 0 Å². The molecule has 2 rings (SSSR count). The first-order chi connectivity index (χ1) is 7.63. The van der Waals surface area contributed by atoms with Crippen LogP contribution in [0.15, 0.2) is 0 Å². The Balaban J connectivity index is 1.90. The zero-order valence-corrected chi connectivity index (χ0v) is 10.6. The van der Waals surface area contributed by atoms with E-state index in [0.29, 0.717) is 17.5 Å². The van der Waals surface area contributed by atoms with Crippen molar-refractivity contribution in [3.63, 3.8) is 0 Å². The molecule has 90 valence electrons. The molecule has 2 aliphatic carbocycles. The van der Waals surface area contributed by atoms with E-state index in [2.05, 4.69) is 5.32 Å². The lowest BCUT2D eigenvalue weighted by Crippen LogP contribution is -2.44. The maximum absolute atomic E-state index is 12.0. The van der Waals surface area contributed by atoms with Crippen molar-refractivity contribution >= 4 is 23.1 Å². The number of nitrogens with one attached hydrogen (secondary N) is 1. The summed E-state index contributed by atoms with van der Waals surface area (Å²) in [6, 6.07) is 0.399. The van der Waals surface area contributed by atoms with Crippen molar-refractivity contribution in [2.45, 2.75) is 45.1 Å². The quantitative estimate of drug-likeness (QED) is 0.693. The topological polar surface area (TPSA) is 55.1 Å². The van der Waals surface area contributed by atoms with E-state index in [-0.39, 0.29) is 11.8 Å². The van der Waals surface area contributed by atoms with Crippen LogP contribution >= 0.6 is 12.2 Å². The fourth-order valence-corrected chi connectivity index (χ4v) is 2.59. The van der Waals surface area contributed by atoms with Gasteiger partial charge in [-0.15, -0.1) is 0 Å². The molecule has 2 fully saturated rings. The van der Waals surface area contributed by atoms with Crippen LogP contribution in [0.4, 0.5) is 0 Å². The summed E-state index contributed by atoms with van der Waals surface area (Å²) in [5.41, 5.74) is 5.58. The highest BCUT2D eigenvalue weighted by Gasteiger charge is 2.42. The van der Waals surface area contributed by atoms with Gasteiger partial charge in [0.25, 0.3) is 0 Å². The number of carbonyl (C=O) groups excluding carboxylic acids is 1. The minimum absolute atomic E-state index is 0.0406. The summed E-state index contributed by atoms with van der Waals surface area (Å²) in [4.78, 5) is 12.3. The number of carbonyl (C=O) groups is 1. The molecule has 0 aromatic rings. The summed E-state index contributed by atoms with van der Waals surface area (Å²) in [6.45, 7) is 1.95. The van der Waals surface area contributed by atoms with Gasteiger partial charge < -0.3 is 11.1 Å². The van der Waals surface area contributed by atoms with E-state index in [1.807, 2.05) is 6.92 Å². The Kier molecular flexibility index (Phi) is 3.47. The minimum Gasteiger partial charge on any atom is -0.393 e. The zero-order chi connectivity index (χ0) is 11.7. The number of nitrogens with two attached hydrogens (primary N) is 1. The van der Waals surface area contributed by atoms with Gasteiger partial charge in [-0.2, -0.15) is 0 Å². The van der Waals surface area contributed by atoms with Crippen LogP contribution in [-0.2, 0) is 4.79 Å². The number of hydrogen-bond donors (Lipinski definition) is 2. The molecule has 1 amide bonds. The molecule has 3 N–H and O–H groups in total. The van der Waals surface area contributed by atoms with E-state index in [0.717, 1.165) is 11.8 Å². The average molecular weight is 240 g/mol. The van der Waals surface area contributed by atoms with E-state index < -0.39 is 0 Å². The molecule has 2 saturated carbocycles. The predicted molar refractivity (Wildman–Crippen MR) is 67.9 cm³/mol. The average Bonchev–Trinajstić information content (AvgIpc) is 3.07. The van der Waals surface area contributed by atoms with Crippen molar-refractivity contribution in [1.29, 1.82) is 0 Å². The van der Waals surface area contributed by atoms with Gasteiger partial charge in [0.2, 0.25) is 5.91 Å². The van der Waals surface area contributed by atoms with Crippen LogP contribution in [0, 0.1) is 17.8 Å². The molecule has 2 aliphatic rings. The van der Waals surface area contributed by atoms with Crippen LogP contribution in [0.2, 0.25) is 0 Å². The summed E-state index contributed by atoms with van der Waals surface area (Å²) in [5.74, 6) is 1.20. The molecule has 0 bridgehead atoms. The molecule has 4 heteroatoms. The van der Waals surface area contributed by atoms with E-state index in [1.165, 1.54) is 25.7 Å². The number of thiocarbonyl (C=S) groups is 1. The van der Waals surface area contributed by atoms with Crippen LogP contribution in [0.5, 0.6) is 0 Å². The van der Waals surface area contributed by atoms with Crippen molar-refractivity contribution in [3.8, 4) is 0 Å². The van der Waals surface area contributed by atoms with Gasteiger partial charge >= 0.3 is 0 Å². The zero-order valence-electron chi connectivity index (χ0n) is 9.74. The normalized spacial score (nSPS) is 21.9. The molecule has 0 aromatic carbocycles. The standard InChI is InChI=1S/C12H20N2OS/c1-2-9(11(13)16)12(15)14-10(7-3-4-7)8-5-6-8/h7-10H,2-6H2,1H3,(H2,13,16)(H,14,15). The van der Waals surface area contributed by atoms with Crippen LogP contribution in [-0.4, -0.2) is 16.9 Å². The third kappa shape index (κ3) is 2.73. The van der Waals surface area contributed by atoms with Gasteiger partial charge in [0.05, 0.1) is 10.9 Å². The first-order valence-corrected chi connectivity index (χ1v) is 6.64. The lowest BCUT2D eigenvalue weighted by molar-refractivity contribution is -0.124. The van der Waals surface area contributed by atoms with Crippen LogP contribution in [0.3, 0.4) is 0 Å². The Bertz CT molecular complexity index is 285. The number of amides is 1. The Morgan fingerprint density at radius 3 is 2.19 bits per heavy atom. The highest BCUT2D eigenvalue weighted by molar-refractivity contribution is 7.80. The maximum atomic E-state index is 12.0. The summed E-state index contributed by atoms with van der Waals surface area (Å²) >= 11 is 4.92. The molecular weight excluding hydrogens is 220 g/mol. The maximum Gasteiger partial charge on any atom is 0.230 e. The fraction of sp³-hybridized carbons (Fsp3) is 0.833. The van der Waals surface area contributed by atoms with Crippen molar-refractivity contribution in [2.24, 2.45) is 23.5 Å². The molecule has 1 unspecified atom stereocenters. The predicted octanol–water partition coefficient (Wildman–Crippen LogP) is 1.60. The molecule has 0 saturated heterocycles. The van der Waals surface area contributed by atoms with E-state index in [1.54, 1.807) is 0 Å². The molecule has 0 heterocycles. The third-order valence-corrected chi connectivity index (χ3v) is 3.92. The Morgan fingerprint density at radius 1 is 1.38 bits per heavy atom. The summed E-state index contributed by atoms with van der Waals surface area (Å²) in [5, 5.41) is 3.17. The summed E-state index contributed by atoms with van der Waals surface area (Å²) in [7, 11) is 0. The van der Waals surface area contributed by atoms with Crippen molar-refractivity contribution in [2.75, 3.05) is 0 Å². The molecule has 0 radical (unpaired) electrons. The largest absolute Gasteiger partial charge is 0.393 e. The van der Waals surface area contributed by atoms with Gasteiger partial charge in [0.1, 0.15) is 0 Å². The molecule has 0 aromatic heterocycles. The molecular formula is C12H20N2OS. The van der Waals surface area contributed by atoms with Gasteiger partial charge in [-0.1, -0.05) is 19.1 Å². The van der Waals surface area contributed by atoms with Crippen molar-refractivity contribution < 1.29 is 4.79 Å². The van der Waals surface area contributed by atoms with Crippen LogP contribution < -0.4 is 11.1 Å². The highest BCUT2D eigenvalue weighted by atomic mass is 32.1. The van der Waals surface area contributed by atoms with Crippen LogP contribution in [0.1, 0.15) is 39.0 Å². The molecule has 0 spiro atoms. The van der Waals surface area contributed by atoms with Gasteiger partial charge in [-0.25, -0.2) is 0 Å². The minimum atomic E-state index is -0.282. The molecule has 0 aliphatic heterocycles. The van der Waals surface area contributed by atoms with E-state index in [9.17, 15) is 4.79 Å². The smallest absolute Gasteiger partial charge is 0.230 e. The van der Waals surface area contributed by atoms with Gasteiger partial charge in [-0.3, -0.25) is 4.79 Å². The Hall–Kier alpha value is -0.640. The lowest BCUT2D eigenvalue weighted by atomic mass is 10.0. The van der Waals surface area contributed by atoms with E-state index >= 15 is 0 Å². The van der Waals surface area contributed by atoms with Gasteiger partial charge in [0, 0.05) is 6.04 Å². The van der Waals surface area contributed by atoms with Crippen LogP contribution in [0.25, 0.3) is 0 Å². The lowest BCUT2D eigenvalue weighted by Gasteiger charge is -2.21. The third-order valence-electron chi connectivity index (χ3n) is 3.64. The Labute approximate surface area is 102 Å². The van der Waals surface area contributed by atoms with E-state index in [4.69, 9.17) is 18.0 Å². The van der Waals surface area contributed by atoms with Gasteiger partial charge in [0.15, 0.2) is 0 Å². The highest BCUT2D eigenvalue weighted by Crippen LogP contribution is 2.44. The number of rotatable bonds is 6. The molecule has 3 nitrogen and oxygen atoms in total. The monoisotopic (exact) mass is 240 g/mol. The van der Waals surface area contributed by atoms with Crippen molar-refractivity contribution in [1.82, 2.24) is 5.32 Å². The number of hydrogen-bond acceptors (Lipinski definition) is 2. The fourth-order valence-electron chi connectivity index (χ4n) is 2.31. The molecule has 1 atom stereocenters. The molecule has 16 heavy (non-hydrogen) atoms.